The van der Waals surface area contributed by atoms with E-state index in [1.165, 1.54) is 6.92 Å². The van der Waals surface area contributed by atoms with E-state index < -0.39 is 5.60 Å². The Morgan fingerprint density at radius 1 is 1.25 bits per heavy atom. The summed E-state index contributed by atoms with van der Waals surface area (Å²) < 4.78 is 5.62. The van der Waals surface area contributed by atoms with Gasteiger partial charge in [0.15, 0.2) is 0 Å². The zero-order valence-electron chi connectivity index (χ0n) is 13.4. The molecule has 6 unspecified atom stereocenters. The molecule has 3 nitrogen and oxygen atoms in total. The number of ether oxygens (including phenoxy) is 1. The van der Waals surface area contributed by atoms with E-state index in [9.17, 15) is 9.90 Å². The molecule has 1 N–H and O–H groups in total. The molecule has 0 heterocycles. The minimum Gasteiger partial charge on any atom is -0.462 e. The first-order valence-electron chi connectivity index (χ1n) is 8.03. The molecule has 4 bridgehead atoms. The molecule has 0 aromatic rings. The van der Waals surface area contributed by atoms with E-state index in [0.717, 1.165) is 25.7 Å². The molecular formula is C17H28O3. The molecule has 0 aliphatic heterocycles. The topological polar surface area (TPSA) is 46.5 Å². The van der Waals surface area contributed by atoms with Crippen molar-refractivity contribution in [3.05, 3.63) is 0 Å². The molecule has 0 saturated heterocycles. The van der Waals surface area contributed by atoms with Crippen LogP contribution in [0.5, 0.6) is 0 Å². The molecule has 0 aromatic heterocycles. The Hall–Kier alpha value is -0.570. The third-order valence-electron chi connectivity index (χ3n) is 7.30. The van der Waals surface area contributed by atoms with Gasteiger partial charge in [0.1, 0.15) is 6.10 Å². The predicted molar refractivity (Wildman–Crippen MR) is 77.0 cm³/mol. The largest absolute Gasteiger partial charge is 0.462 e. The smallest absolute Gasteiger partial charge is 0.302 e. The van der Waals surface area contributed by atoms with Crippen molar-refractivity contribution in [1.29, 1.82) is 0 Å². The van der Waals surface area contributed by atoms with Crippen LogP contribution in [-0.4, -0.2) is 22.8 Å². The number of hydrogen-bond donors (Lipinski definition) is 1. The number of rotatable bonds is 1. The quantitative estimate of drug-likeness (QED) is 0.751. The molecule has 4 rings (SSSR count). The molecule has 4 aliphatic carbocycles. The third kappa shape index (κ3) is 1.48. The second kappa shape index (κ2) is 4.00. The van der Waals surface area contributed by atoms with Gasteiger partial charge in [0, 0.05) is 23.7 Å². The summed E-state index contributed by atoms with van der Waals surface area (Å²) in [5, 5.41) is 11.5. The fraction of sp³-hybridized carbons (Fsp3) is 0.941. The molecule has 4 saturated carbocycles. The van der Waals surface area contributed by atoms with Crippen molar-refractivity contribution in [3.63, 3.8) is 0 Å². The molecule has 4 fully saturated rings. The maximum Gasteiger partial charge on any atom is 0.302 e. The van der Waals surface area contributed by atoms with Crippen molar-refractivity contribution >= 4 is 5.97 Å². The summed E-state index contributed by atoms with van der Waals surface area (Å²) in [7, 11) is 0. The third-order valence-corrected chi connectivity index (χ3v) is 7.30. The van der Waals surface area contributed by atoms with Crippen LogP contribution in [0.4, 0.5) is 0 Å². The van der Waals surface area contributed by atoms with Gasteiger partial charge < -0.3 is 9.84 Å². The highest BCUT2D eigenvalue weighted by molar-refractivity contribution is 5.66. The Kier molecular flexibility index (Phi) is 2.87. The van der Waals surface area contributed by atoms with Crippen molar-refractivity contribution < 1.29 is 14.6 Å². The maximum atomic E-state index is 11.5. The van der Waals surface area contributed by atoms with Gasteiger partial charge in [-0.15, -0.1) is 0 Å². The SMILES string of the molecule is CC(=O)OC1CC2(C)C3CC1C(C)(C)C2(O)CCC3C. The van der Waals surface area contributed by atoms with Gasteiger partial charge in [-0.25, -0.2) is 0 Å². The molecule has 0 spiro atoms. The first-order chi connectivity index (χ1) is 9.13. The average Bonchev–Trinajstić information content (AvgIpc) is 2.31. The van der Waals surface area contributed by atoms with Crippen LogP contribution in [0.1, 0.15) is 60.3 Å². The minimum atomic E-state index is -0.614. The lowest BCUT2D eigenvalue weighted by molar-refractivity contribution is -0.316. The van der Waals surface area contributed by atoms with E-state index >= 15 is 0 Å². The summed E-state index contributed by atoms with van der Waals surface area (Å²) in [5.74, 6) is 1.32. The van der Waals surface area contributed by atoms with E-state index in [4.69, 9.17) is 4.74 Å². The summed E-state index contributed by atoms with van der Waals surface area (Å²) in [4.78, 5) is 11.4. The van der Waals surface area contributed by atoms with E-state index in [2.05, 4.69) is 27.7 Å². The van der Waals surface area contributed by atoms with Crippen LogP contribution in [0, 0.1) is 28.6 Å². The number of hydrogen-bond acceptors (Lipinski definition) is 3. The van der Waals surface area contributed by atoms with Gasteiger partial charge in [0.05, 0.1) is 5.60 Å². The first kappa shape index (κ1) is 14.4. The molecule has 0 radical (unpaired) electrons. The standard InChI is InChI=1S/C17H28O3/c1-10-6-7-17(19)15(3,4)13-8-12(10)16(17,5)9-14(13)20-11(2)18/h10,12-14,19H,6-9H2,1-5H3. The molecule has 0 aromatic carbocycles. The number of esters is 1. The van der Waals surface area contributed by atoms with E-state index in [0.29, 0.717) is 11.8 Å². The maximum absolute atomic E-state index is 11.5. The van der Waals surface area contributed by atoms with Gasteiger partial charge in [-0.05, 0) is 37.5 Å². The number of fused-ring (bicyclic) bond motifs is 1. The lowest BCUT2D eigenvalue weighted by Crippen LogP contribution is -2.74. The zero-order chi connectivity index (χ0) is 14.9. The second-order valence-corrected chi connectivity index (χ2v) is 8.32. The van der Waals surface area contributed by atoms with Crippen LogP contribution in [0.2, 0.25) is 0 Å². The van der Waals surface area contributed by atoms with Crippen molar-refractivity contribution in [2.24, 2.45) is 28.6 Å². The van der Waals surface area contributed by atoms with E-state index in [1.54, 1.807) is 0 Å². The highest BCUT2D eigenvalue weighted by atomic mass is 16.5. The Bertz CT molecular complexity index is 444. The van der Waals surface area contributed by atoms with Crippen molar-refractivity contribution in [2.45, 2.75) is 72.0 Å². The van der Waals surface area contributed by atoms with Crippen molar-refractivity contribution in [1.82, 2.24) is 0 Å². The van der Waals surface area contributed by atoms with Crippen molar-refractivity contribution in [3.8, 4) is 0 Å². The summed E-state index contributed by atoms with van der Waals surface area (Å²) in [6.07, 6.45) is 3.90. The lowest BCUT2D eigenvalue weighted by Gasteiger charge is -2.72. The van der Waals surface area contributed by atoms with Crippen molar-refractivity contribution in [2.75, 3.05) is 0 Å². The lowest BCUT2D eigenvalue weighted by atomic mass is 9.35. The fourth-order valence-corrected chi connectivity index (χ4v) is 6.12. The average molecular weight is 280 g/mol. The van der Waals surface area contributed by atoms with Crippen LogP contribution < -0.4 is 0 Å². The molecule has 20 heavy (non-hydrogen) atoms. The summed E-state index contributed by atoms with van der Waals surface area (Å²) >= 11 is 0. The Labute approximate surface area is 122 Å². The molecule has 0 amide bonds. The molecular weight excluding hydrogens is 252 g/mol. The normalized spacial score (nSPS) is 52.7. The van der Waals surface area contributed by atoms with Gasteiger partial charge in [-0.1, -0.05) is 27.7 Å². The Balaban J connectivity index is 2.05. The fourth-order valence-electron chi connectivity index (χ4n) is 6.12. The number of carbonyl (C=O) groups excluding carboxylic acids is 1. The van der Waals surface area contributed by atoms with Gasteiger partial charge in [0.2, 0.25) is 0 Å². The zero-order valence-corrected chi connectivity index (χ0v) is 13.4. The first-order valence-corrected chi connectivity index (χ1v) is 8.03. The Morgan fingerprint density at radius 2 is 1.90 bits per heavy atom. The monoisotopic (exact) mass is 280 g/mol. The van der Waals surface area contributed by atoms with Crippen LogP contribution in [0.15, 0.2) is 0 Å². The van der Waals surface area contributed by atoms with E-state index in [-0.39, 0.29) is 28.8 Å². The van der Waals surface area contributed by atoms with Crippen LogP contribution >= 0.6 is 0 Å². The highest BCUT2D eigenvalue weighted by Crippen LogP contribution is 2.71. The van der Waals surface area contributed by atoms with E-state index in [1.807, 2.05) is 0 Å². The van der Waals surface area contributed by atoms with Crippen LogP contribution in [-0.2, 0) is 9.53 Å². The van der Waals surface area contributed by atoms with Gasteiger partial charge in [0.25, 0.3) is 0 Å². The van der Waals surface area contributed by atoms with Crippen LogP contribution in [0.25, 0.3) is 0 Å². The molecule has 3 heteroatoms. The van der Waals surface area contributed by atoms with Gasteiger partial charge in [-0.3, -0.25) is 4.79 Å². The summed E-state index contributed by atoms with van der Waals surface area (Å²) in [5.41, 5.74) is -0.920. The van der Waals surface area contributed by atoms with Crippen LogP contribution in [0.3, 0.4) is 0 Å². The van der Waals surface area contributed by atoms with Gasteiger partial charge >= 0.3 is 5.97 Å². The summed E-state index contributed by atoms with van der Waals surface area (Å²) in [6, 6.07) is 0. The minimum absolute atomic E-state index is 0.0191. The van der Waals surface area contributed by atoms with Gasteiger partial charge in [-0.2, -0.15) is 0 Å². The number of carbonyl (C=O) groups is 1. The predicted octanol–water partition coefficient (Wildman–Crippen LogP) is 3.15. The molecule has 6 atom stereocenters. The second-order valence-electron chi connectivity index (χ2n) is 8.32. The Morgan fingerprint density at radius 3 is 2.50 bits per heavy atom. The summed E-state index contributed by atoms with van der Waals surface area (Å²) in [6.45, 7) is 10.4. The highest BCUT2D eigenvalue weighted by Gasteiger charge is 2.72. The molecule has 114 valence electrons. The molecule has 4 aliphatic rings. The number of aliphatic hydroxyl groups is 1.